The predicted molar refractivity (Wildman–Crippen MR) is 114 cm³/mol. The second-order valence-electron chi connectivity index (χ2n) is 8.46. The van der Waals surface area contributed by atoms with Gasteiger partial charge >= 0.3 is 0 Å². The van der Waals surface area contributed by atoms with Gasteiger partial charge in [-0.1, -0.05) is 37.6 Å². The highest BCUT2D eigenvalue weighted by Gasteiger charge is 2.41. The van der Waals surface area contributed by atoms with Gasteiger partial charge in [-0.05, 0) is 61.1 Å². The smallest absolute Gasteiger partial charge is 0.162 e. The number of nitrogens with one attached hydrogen (secondary N) is 1. The van der Waals surface area contributed by atoms with Gasteiger partial charge in [0.05, 0.1) is 12.3 Å². The Labute approximate surface area is 172 Å². The van der Waals surface area contributed by atoms with E-state index in [1.54, 1.807) is 0 Å². The first-order valence-electron chi connectivity index (χ1n) is 10.9. The summed E-state index contributed by atoms with van der Waals surface area (Å²) < 4.78 is 12.6. The second kappa shape index (κ2) is 7.75. The van der Waals surface area contributed by atoms with Crippen molar-refractivity contribution in [3.63, 3.8) is 0 Å². The molecule has 0 radical (unpaired) electrons. The number of hydrogen-bond donors (Lipinski definition) is 1. The van der Waals surface area contributed by atoms with Crippen molar-refractivity contribution < 1.29 is 14.3 Å². The summed E-state index contributed by atoms with van der Waals surface area (Å²) in [7, 11) is 0. The molecule has 0 bridgehead atoms. The van der Waals surface area contributed by atoms with Crippen LogP contribution in [0.5, 0.6) is 11.5 Å². The van der Waals surface area contributed by atoms with Gasteiger partial charge in [0.25, 0.3) is 0 Å². The fraction of sp³-hybridized carbons (Fsp3) is 0.440. The average molecular weight is 392 g/mol. The van der Waals surface area contributed by atoms with Crippen molar-refractivity contribution in [2.24, 2.45) is 0 Å². The lowest BCUT2D eigenvalue weighted by Crippen LogP contribution is -2.36. The minimum Gasteiger partial charge on any atom is -0.490 e. The number of fused-ring (bicyclic) bond motifs is 1. The lowest BCUT2D eigenvalue weighted by atomic mass is 9.80. The van der Waals surface area contributed by atoms with E-state index in [0.29, 0.717) is 6.61 Å². The van der Waals surface area contributed by atoms with Crippen LogP contribution in [-0.4, -0.2) is 18.3 Å². The van der Waals surface area contributed by atoms with Crippen LogP contribution in [0.4, 0.5) is 0 Å². The van der Waals surface area contributed by atoms with E-state index in [0.717, 1.165) is 61.3 Å². The highest BCUT2D eigenvalue weighted by Crippen LogP contribution is 2.42. The van der Waals surface area contributed by atoms with Crippen molar-refractivity contribution in [2.45, 2.75) is 63.6 Å². The van der Waals surface area contributed by atoms with E-state index in [1.165, 1.54) is 17.5 Å². The quantitative estimate of drug-likeness (QED) is 0.658. The van der Waals surface area contributed by atoms with E-state index in [9.17, 15) is 0 Å². The molecule has 1 fully saturated rings. The van der Waals surface area contributed by atoms with Crippen LogP contribution < -0.4 is 15.0 Å². The zero-order valence-electron chi connectivity index (χ0n) is 17.1. The van der Waals surface area contributed by atoms with Crippen LogP contribution in [0.2, 0.25) is 0 Å². The van der Waals surface area contributed by atoms with Crippen LogP contribution in [0, 0.1) is 0 Å². The summed E-state index contributed by atoms with van der Waals surface area (Å²) in [4.78, 5) is 5.85. The first-order valence-corrected chi connectivity index (χ1v) is 10.9. The Morgan fingerprint density at radius 2 is 1.86 bits per heavy atom. The summed E-state index contributed by atoms with van der Waals surface area (Å²) in [6.45, 7) is 2.89. The number of hydroxylamine groups is 1. The number of ether oxygens (including phenoxy) is 2. The summed E-state index contributed by atoms with van der Waals surface area (Å²) >= 11 is 0. The lowest BCUT2D eigenvalue weighted by Gasteiger charge is -2.33. The second-order valence-corrected chi connectivity index (χ2v) is 8.46. The molecule has 5 rings (SSSR count). The molecule has 0 amide bonds. The number of hydrogen-bond acceptors (Lipinski definition) is 4. The third-order valence-corrected chi connectivity index (χ3v) is 6.29. The molecule has 3 aliphatic rings. The maximum atomic E-state index is 6.49. The molecule has 1 spiro atoms. The molecule has 0 aromatic heterocycles. The molecule has 1 saturated carbocycles. The molecule has 1 aliphatic heterocycles. The highest BCUT2D eigenvalue weighted by atomic mass is 16.7. The van der Waals surface area contributed by atoms with E-state index in [-0.39, 0.29) is 11.7 Å². The molecule has 152 valence electrons. The topological polar surface area (TPSA) is 39.7 Å². The molecule has 1 N–H and O–H groups in total. The minimum absolute atomic E-state index is 0.0975. The van der Waals surface area contributed by atoms with Gasteiger partial charge in [-0.3, -0.25) is 10.3 Å². The fourth-order valence-electron chi connectivity index (χ4n) is 4.39. The zero-order chi connectivity index (χ0) is 19.7. The van der Waals surface area contributed by atoms with Gasteiger partial charge < -0.3 is 9.47 Å². The van der Waals surface area contributed by atoms with Crippen LogP contribution >= 0.6 is 0 Å². The third kappa shape index (κ3) is 3.74. The predicted octanol–water partition coefficient (Wildman–Crippen LogP) is 5.21. The molecule has 2 aromatic rings. The van der Waals surface area contributed by atoms with Gasteiger partial charge in [-0.15, -0.1) is 0 Å². The van der Waals surface area contributed by atoms with Gasteiger partial charge in [-0.2, -0.15) is 0 Å². The van der Waals surface area contributed by atoms with Gasteiger partial charge in [0.15, 0.2) is 11.5 Å². The first-order chi connectivity index (χ1) is 14.2. The summed E-state index contributed by atoms with van der Waals surface area (Å²) in [5.41, 5.74) is 7.94. The molecule has 2 aliphatic carbocycles. The molecular formula is C25H29NO3. The Bertz CT molecular complexity index is 891. The normalized spacial score (nSPS) is 19.4. The number of benzene rings is 2. The average Bonchev–Trinajstić information content (AvgIpc) is 3.33. The molecule has 0 atom stereocenters. The summed E-state index contributed by atoms with van der Waals surface area (Å²) in [6.07, 6.45) is 9.84. The van der Waals surface area contributed by atoms with Crippen molar-refractivity contribution in [1.29, 1.82) is 0 Å². The third-order valence-electron chi connectivity index (χ3n) is 6.29. The number of unbranched alkanes of at least 4 members (excludes halogenated alkanes) is 1. The Balaban J connectivity index is 1.38. The van der Waals surface area contributed by atoms with E-state index >= 15 is 0 Å². The van der Waals surface area contributed by atoms with Gasteiger partial charge in [0.2, 0.25) is 0 Å². The molecule has 4 heteroatoms. The highest BCUT2D eigenvalue weighted by molar-refractivity contribution is 5.68. The van der Waals surface area contributed by atoms with Crippen LogP contribution in [0.25, 0.3) is 5.70 Å². The van der Waals surface area contributed by atoms with Crippen molar-refractivity contribution >= 4 is 5.70 Å². The molecule has 0 saturated heterocycles. The lowest BCUT2D eigenvalue weighted by molar-refractivity contribution is -0.0821. The van der Waals surface area contributed by atoms with Crippen LogP contribution in [-0.2, 0) is 17.7 Å². The zero-order valence-corrected chi connectivity index (χ0v) is 17.1. The Hall–Kier alpha value is -2.46. The monoisotopic (exact) mass is 391 g/mol. The Morgan fingerprint density at radius 1 is 1.07 bits per heavy atom. The summed E-state index contributed by atoms with van der Waals surface area (Å²) in [6, 6.07) is 14.9. The molecular weight excluding hydrogens is 362 g/mol. The summed E-state index contributed by atoms with van der Waals surface area (Å²) in [5, 5.41) is 0. The largest absolute Gasteiger partial charge is 0.490 e. The van der Waals surface area contributed by atoms with Crippen LogP contribution in [0.3, 0.4) is 0 Å². The Kier molecular flexibility index (Phi) is 4.96. The molecule has 29 heavy (non-hydrogen) atoms. The van der Waals surface area contributed by atoms with Gasteiger partial charge in [-0.25, -0.2) is 0 Å². The molecule has 1 heterocycles. The molecule has 2 aromatic carbocycles. The SMILES string of the molecule is CCCCOc1ccc(C2=CC3(CCC3)ON2)cc1OC1Cc2ccccc2C1. The fourth-order valence-corrected chi connectivity index (χ4v) is 4.39. The van der Waals surface area contributed by atoms with E-state index in [2.05, 4.69) is 54.9 Å². The van der Waals surface area contributed by atoms with Crippen LogP contribution in [0.1, 0.15) is 55.7 Å². The van der Waals surface area contributed by atoms with Gasteiger partial charge in [0.1, 0.15) is 11.7 Å². The van der Waals surface area contributed by atoms with Crippen molar-refractivity contribution in [3.05, 3.63) is 65.2 Å². The molecule has 0 unspecified atom stereocenters. The van der Waals surface area contributed by atoms with E-state index < -0.39 is 0 Å². The van der Waals surface area contributed by atoms with Crippen LogP contribution in [0.15, 0.2) is 48.5 Å². The van der Waals surface area contributed by atoms with E-state index in [1.807, 2.05) is 6.07 Å². The van der Waals surface area contributed by atoms with Gasteiger partial charge in [0, 0.05) is 18.4 Å². The first kappa shape index (κ1) is 18.6. The van der Waals surface area contributed by atoms with Crippen molar-refractivity contribution in [2.75, 3.05) is 6.61 Å². The van der Waals surface area contributed by atoms with Crippen molar-refractivity contribution in [3.8, 4) is 11.5 Å². The maximum Gasteiger partial charge on any atom is 0.162 e. The van der Waals surface area contributed by atoms with Crippen molar-refractivity contribution in [1.82, 2.24) is 5.48 Å². The minimum atomic E-state index is -0.0975. The maximum absolute atomic E-state index is 6.49. The standard InChI is InChI=1S/C25H29NO3/c1-2-3-13-27-23-10-9-20(22-17-25(29-26-22)11-6-12-25)16-24(23)28-21-14-18-7-4-5-8-19(18)15-21/h4-5,7-10,16-17,21,26H,2-3,6,11-15H2,1H3. The molecule has 4 nitrogen and oxygen atoms in total. The van der Waals surface area contributed by atoms with E-state index in [4.69, 9.17) is 14.3 Å². The summed E-state index contributed by atoms with van der Waals surface area (Å²) in [5.74, 6) is 1.66. The Morgan fingerprint density at radius 3 is 2.52 bits per heavy atom. The number of rotatable bonds is 7.